The molecule has 0 amide bonds. The van der Waals surface area contributed by atoms with Crippen molar-refractivity contribution in [1.82, 2.24) is 0 Å². The number of rotatable bonds is 3. The van der Waals surface area contributed by atoms with Gasteiger partial charge in [0.05, 0.1) is 5.71 Å². The van der Waals surface area contributed by atoms with E-state index in [4.69, 9.17) is 14.3 Å². The zero-order chi connectivity index (χ0) is 9.60. The maximum Gasteiger partial charge on any atom is 0.190 e. The van der Waals surface area contributed by atoms with Gasteiger partial charge in [-0.2, -0.15) is 0 Å². The van der Waals surface area contributed by atoms with Gasteiger partial charge in [0, 0.05) is 13.0 Å². The lowest BCUT2D eigenvalue weighted by Gasteiger charge is -2.34. The Morgan fingerprint density at radius 3 is 3.00 bits per heavy atom. The highest BCUT2D eigenvalue weighted by Crippen LogP contribution is 2.44. The van der Waals surface area contributed by atoms with Crippen LogP contribution in [0.1, 0.15) is 32.6 Å². The molecule has 0 N–H and O–H groups in total. The van der Waals surface area contributed by atoms with Gasteiger partial charge in [0.25, 0.3) is 0 Å². The highest BCUT2D eigenvalue weighted by Gasteiger charge is 2.52. The van der Waals surface area contributed by atoms with E-state index < -0.39 is 0 Å². The first-order valence-electron chi connectivity index (χ1n) is 5.35. The smallest absolute Gasteiger partial charge is 0.190 e. The molecule has 1 spiro atoms. The molecule has 0 aromatic rings. The highest BCUT2D eigenvalue weighted by molar-refractivity contribution is 5.92. The second kappa shape index (κ2) is 2.94. The fraction of sp³-hybridized carbons (Fsp3) is 0.900. The Morgan fingerprint density at radius 1 is 1.57 bits per heavy atom. The van der Waals surface area contributed by atoms with Gasteiger partial charge in [-0.3, -0.25) is 0 Å². The fourth-order valence-corrected chi connectivity index (χ4v) is 2.17. The molecule has 1 saturated carbocycles. The van der Waals surface area contributed by atoms with Gasteiger partial charge in [0.2, 0.25) is 0 Å². The molecule has 3 rings (SSSR count). The van der Waals surface area contributed by atoms with Crippen molar-refractivity contribution in [3.63, 3.8) is 0 Å². The number of nitrogens with zero attached hydrogens (tertiary/aromatic N) is 1. The van der Waals surface area contributed by atoms with Crippen LogP contribution in [0.25, 0.3) is 0 Å². The van der Waals surface area contributed by atoms with Gasteiger partial charge in [-0.15, -0.1) is 0 Å². The molecule has 2 aliphatic heterocycles. The van der Waals surface area contributed by atoms with Gasteiger partial charge in [-0.05, 0) is 26.2 Å². The maximum absolute atomic E-state index is 5.47. The topological polar surface area (TPSA) is 43.3 Å². The summed E-state index contributed by atoms with van der Waals surface area (Å²) in [7, 11) is 0. The van der Waals surface area contributed by atoms with E-state index in [1.54, 1.807) is 0 Å². The van der Waals surface area contributed by atoms with Crippen molar-refractivity contribution in [2.45, 2.75) is 50.6 Å². The predicted molar refractivity (Wildman–Crippen MR) is 50.0 cm³/mol. The van der Waals surface area contributed by atoms with Crippen LogP contribution in [0.5, 0.6) is 0 Å². The lowest BCUT2D eigenvalue weighted by Crippen LogP contribution is -2.37. The van der Waals surface area contributed by atoms with E-state index in [1.807, 2.05) is 6.92 Å². The summed E-state index contributed by atoms with van der Waals surface area (Å²) in [4.78, 5) is 5.47. The number of hydrogen-bond acceptors (Lipinski definition) is 4. The van der Waals surface area contributed by atoms with E-state index in [2.05, 4.69) is 5.16 Å². The van der Waals surface area contributed by atoms with Crippen LogP contribution >= 0.6 is 0 Å². The van der Waals surface area contributed by atoms with Crippen LogP contribution in [-0.2, 0) is 14.3 Å². The van der Waals surface area contributed by atoms with Crippen LogP contribution in [0.15, 0.2) is 5.16 Å². The molecule has 0 radical (unpaired) electrons. The van der Waals surface area contributed by atoms with Crippen molar-refractivity contribution < 1.29 is 14.3 Å². The van der Waals surface area contributed by atoms with Gasteiger partial charge in [0.15, 0.2) is 12.4 Å². The molecular formula is C10H15NO3. The monoisotopic (exact) mass is 197 g/mol. The third-order valence-electron chi connectivity index (χ3n) is 3.24. The summed E-state index contributed by atoms with van der Waals surface area (Å²) >= 11 is 0. The summed E-state index contributed by atoms with van der Waals surface area (Å²) in [5.41, 5.74) is 1.10. The van der Waals surface area contributed by atoms with Gasteiger partial charge < -0.3 is 14.3 Å². The minimum absolute atomic E-state index is 0.0536. The Hall–Kier alpha value is -0.610. The third-order valence-corrected chi connectivity index (χ3v) is 3.24. The van der Waals surface area contributed by atoms with Crippen LogP contribution in [0, 0.1) is 0 Å². The van der Waals surface area contributed by atoms with Crippen molar-refractivity contribution in [3.8, 4) is 0 Å². The number of hydrogen-bond donors (Lipinski definition) is 0. The summed E-state index contributed by atoms with van der Waals surface area (Å²) in [6.45, 7) is 2.67. The molecule has 4 nitrogen and oxygen atoms in total. The molecule has 2 unspecified atom stereocenters. The molecule has 0 bridgehead atoms. The average Bonchev–Trinajstić information content (AvgIpc) is 2.75. The van der Waals surface area contributed by atoms with Gasteiger partial charge >= 0.3 is 0 Å². The lowest BCUT2D eigenvalue weighted by atomic mass is 9.77. The molecule has 0 aromatic carbocycles. The number of oxime groups is 1. The molecule has 2 heterocycles. The zero-order valence-corrected chi connectivity index (χ0v) is 8.36. The Labute approximate surface area is 83.2 Å². The second-order valence-electron chi connectivity index (χ2n) is 4.27. The third kappa shape index (κ3) is 1.25. The zero-order valence-electron chi connectivity index (χ0n) is 8.36. The minimum Gasteiger partial charge on any atom is -0.389 e. The molecule has 14 heavy (non-hydrogen) atoms. The molecule has 1 aliphatic carbocycles. The normalized spacial score (nSPS) is 37.6. The van der Waals surface area contributed by atoms with Crippen molar-refractivity contribution >= 4 is 5.71 Å². The van der Waals surface area contributed by atoms with Gasteiger partial charge in [0.1, 0.15) is 5.60 Å². The quantitative estimate of drug-likeness (QED) is 0.643. The van der Waals surface area contributed by atoms with Crippen molar-refractivity contribution in [3.05, 3.63) is 0 Å². The molecule has 2 atom stereocenters. The summed E-state index contributed by atoms with van der Waals surface area (Å²) in [5.74, 6) is 0. The average molecular weight is 197 g/mol. The standard InChI is InChI=1S/C10H15NO3/c1-2-12-9-8(13-9)7-6-10(14-11-7)4-3-5-10/h8-9H,2-6H2,1H3. The predicted octanol–water partition coefficient (Wildman–Crippen LogP) is 1.45. The van der Waals surface area contributed by atoms with E-state index in [9.17, 15) is 0 Å². The first-order chi connectivity index (χ1) is 6.83. The number of ether oxygens (including phenoxy) is 2. The molecule has 2 fully saturated rings. The van der Waals surface area contributed by atoms with E-state index in [-0.39, 0.29) is 18.0 Å². The first kappa shape index (κ1) is 8.68. The maximum atomic E-state index is 5.47. The van der Waals surface area contributed by atoms with Crippen LogP contribution in [0.2, 0.25) is 0 Å². The van der Waals surface area contributed by atoms with Crippen molar-refractivity contribution in [1.29, 1.82) is 0 Å². The lowest BCUT2D eigenvalue weighted by molar-refractivity contribution is -0.0755. The van der Waals surface area contributed by atoms with Crippen LogP contribution in [0.3, 0.4) is 0 Å². The molecule has 4 heteroatoms. The SMILES string of the molecule is CCOC1OC1C1=NOC2(CCC2)C1. The largest absolute Gasteiger partial charge is 0.389 e. The van der Waals surface area contributed by atoms with Crippen molar-refractivity contribution in [2.24, 2.45) is 5.16 Å². The summed E-state index contributed by atoms with van der Waals surface area (Å²) in [6, 6.07) is 0. The van der Waals surface area contributed by atoms with Crippen molar-refractivity contribution in [2.75, 3.05) is 6.61 Å². The molecule has 0 aromatic heterocycles. The summed E-state index contributed by atoms with van der Waals surface area (Å²) in [5, 5.41) is 4.12. The molecule has 3 aliphatic rings. The summed E-state index contributed by atoms with van der Waals surface area (Å²) in [6.07, 6.45) is 4.52. The summed E-state index contributed by atoms with van der Waals surface area (Å²) < 4.78 is 10.7. The van der Waals surface area contributed by atoms with Gasteiger partial charge in [-0.25, -0.2) is 0 Å². The second-order valence-corrected chi connectivity index (χ2v) is 4.27. The van der Waals surface area contributed by atoms with Crippen LogP contribution < -0.4 is 0 Å². The Balaban J connectivity index is 1.56. The first-order valence-corrected chi connectivity index (χ1v) is 5.35. The Bertz CT molecular complexity index is 273. The van der Waals surface area contributed by atoms with E-state index >= 15 is 0 Å². The highest BCUT2D eigenvalue weighted by atomic mass is 16.8. The Morgan fingerprint density at radius 2 is 2.43 bits per heavy atom. The molecule has 1 saturated heterocycles. The van der Waals surface area contributed by atoms with E-state index in [0.717, 1.165) is 25.0 Å². The minimum atomic E-state index is -0.0578. The number of epoxide rings is 1. The Kier molecular flexibility index (Phi) is 1.82. The fourth-order valence-electron chi connectivity index (χ4n) is 2.17. The van der Waals surface area contributed by atoms with E-state index in [1.165, 1.54) is 6.42 Å². The molecular weight excluding hydrogens is 182 g/mol. The van der Waals surface area contributed by atoms with Crippen LogP contribution in [0.4, 0.5) is 0 Å². The van der Waals surface area contributed by atoms with Crippen LogP contribution in [-0.4, -0.2) is 30.3 Å². The van der Waals surface area contributed by atoms with Gasteiger partial charge in [-0.1, -0.05) is 5.16 Å². The molecule has 78 valence electrons. The van der Waals surface area contributed by atoms with E-state index in [0.29, 0.717) is 6.61 Å².